The van der Waals surface area contributed by atoms with Crippen LogP contribution in [0.1, 0.15) is 31.7 Å². The van der Waals surface area contributed by atoms with Gasteiger partial charge < -0.3 is 10.5 Å². The zero-order chi connectivity index (χ0) is 13.0. The molecule has 0 saturated heterocycles. The minimum absolute atomic E-state index is 0.0207. The Hall–Kier alpha value is -1.03. The number of nitrogen functional groups attached to an aromatic ring is 1. The lowest BCUT2D eigenvalue weighted by Gasteiger charge is -2.14. The lowest BCUT2D eigenvalue weighted by molar-refractivity contribution is 0.418. The van der Waals surface area contributed by atoms with Crippen LogP contribution in [0.25, 0.3) is 0 Å². The number of ether oxygens (including phenoxy) is 1. The maximum absolute atomic E-state index is 6.02. The van der Waals surface area contributed by atoms with E-state index in [1.54, 1.807) is 7.11 Å². The summed E-state index contributed by atoms with van der Waals surface area (Å²) in [6, 6.07) is 4.09. The highest BCUT2D eigenvalue weighted by Crippen LogP contribution is 2.37. The van der Waals surface area contributed by atoms with E-state index in [9.17, 15) is 0 Å². The number of hydrogen-bond acceptors (Lipinski definition) is 3. The Morgan fingerprint density at radius 1 is 1.41 bits per heavy atom. The van der Waals surface area contributed by atoms with Crippen LogP contribution in [0, 0.1) is 0 Å². The summed E-state index contributed by atoms with van der Waals surface area (Å²) in [6.45, 7) is 4.37. The lowest BCUT2D eigenvalue weighted by Crippen LogP contribution is -1.98. The second-order valence-corrected chi connectivity index (χ2v) is 6.07. The van der Waals surface area contributed by atoms with Crippen molar-refractivity contribution in [2.75, 3.05) is 25.4 Å². The van der Waals surface area contributed by atoms with Crippen LogP contribution < -0.4 is 10.5 Å². The number of anilines is 1. The molecule has 3 nitrogen and oxygen atoms in total. The number of methoxy groups -OCH3 is 1. The van der Waals surface area contributed by atoms with Gasteiger partial charge in [0.15, 0.2) is 5.75 Å². The monoisotopic (exact) mass is 254 g/mol. The van der Waals surface area contributed by atoms with Gasteiger partial charge in [0.05, 0.1) is 12.8 Å². The smallest absolute Gasteiger partial charge is 0.167 e. The van der Waals surface area contributed by atoms with Gasteiger partial charge >= 0.3 is 0 Å². The SMILES string of the molecule is CCC(C)c1cc(N)c(OC)c(N=S(C)C)c1. The number of nitrogens with two attached hydrogens (primary N) is 1. The first-order valence-electron chi connectivity index (χ1n) is 5.76. The molecule has 0 fully saturated rings. The summed E-state index contributed by atoms with van der Waals surface area (Å²) in [6.07, 6.45) is 5.24. The fourth-order valence-electron chi connectivity index (χ4n) is 1.67. The van der Waals surface area contributed by atoms with Gasteiger partial charge in [-0.15, -0.1) is 10.7 Å². The summed E-state index contributed by atoms with van der Waals surface area (Å²) >= 11 is 0. The van der Waals surface area contributed by atoms with Crippen LogP contribution in [0.2, 0.25) is 0 Å². The van der Waals surface area contributed by atoms with Crippen molar-refractivity contribution in [2.24, 2.45) is 4.36 Å². The third-order valence-corrected chi connectivity index (χ3v) is 3.35. The van der Waals surface area contributed by atoms with Crippen molar-refractivity contribution in [3.63, 3.8) is 0 Å². The van der Waals surface area contributed by atoms with Gasteiger partial charge in [-0.25, -0.2) is 4.36 Å². The Kier molecular flexibility index (Phi) is 5.00. The molecule has 1 aromatic carbocycles. The topological polar surface area (TPSA) is 47.6 Å². The van der Waals surface area contributed by atoms with E-state index in [-0.39, 0.29) is 10.7 Å². The van der Waals surface area contributed by atoms with Gasteiger partial charge in [-0.3, -0.25) is 0 Å². The Balaban J connectivity index is 3.33. The van der Waals surface area contributed by atoms with Crippen molar-refractivity contribution in [3.05, 3.63) is 17.7 Å². The van der Waals surface area contributed by atoms with Gasteiger partial charge in [-0.2, -0.15) is 0 Å². The summed E-state index contributed by atoms with van der Waals surface area (Å²) in [5.41, 5.74) is 8.80. The van der Waals surface area contributed by atoms with Crippen molar-refractivity contribution in [3.8, 4) is 5.75 Å². The molecule has 0 aromatic heterocycles. The van der Waals surface area contributed by atoms with Gasteiger partial charge in [0.1, 0.15) is 5.69 Å². The summed E-state index contributed by atoms with van der Waals surface area (Å²) < 4.78 is 9.92. The van der Waals surface area contributed by atoms with E-state index >= 15 is 0 Å². The highest BCUT2D eigenvalue weighted by molar-refractivity contribution is 7.85. The second-order valence-electron chi connectivity index (χ2n) is 4.34. The van der Waals surface area contributed by atoms with Crippen LogP contribution in [0.3, 0.4) is 0 Å². The highest BCUT2D eigenvalue weighted by Gasteiger charge is 2.12. The minimum Gasteiger partial charge on any atom is -0.492 e. The molecule has 0 aliphatic rings. The average Bonchev–Trinajstić information content (AvgIpc) is 2.26. The molecule has 0 amide bonds. The van der Waals surface area contributed by atoms with E-state index in [1.165, 1.54) is 5.56 Å². The summed E-state index contributed by atoms with van der Waals surface area (Å²) in [5, 5.41) is 0. The predicted molar refractivity (Wildman–Crippen MR) is 77.4 cm³/mol. The molecule has 0 heterocycles. The van der Waals surface area contributed by atoms with E-state index in [1.807, 2.05) is 6.07 Å². The highest BCUT2D eigenvalue weighted by atomic mass is 32.2. The number of nitrogens with zero attached hydrogens (tertiary/aromatic N) is 1. The maximum atomic E-state index is 6.02. The second kappa shape index (κ2) is 6.05. The quantitative estimate of drug-likeness (QED) is 0.836. The molecule has 0 aliphatic carbocycles. The zero-order valence-electron chi connectivity index (χ0n) is 11.3. The van der Waals surface area contributed by atoms with Crippen LogP contribution in [0.4, 0.5) is 11.4 Å². The molecule has 17 heavy (non-hydrogen) atoms. The Morgan fingerprint density at radius 2 is 2.06 bits per heavy atom. The lowest BCUT2D eigenvalue weighted by atomic mass is 9.97. The molecule has 96 valence electrons. The normalized spacial score (nSPS) is 12.6. The first-order chi connectivity index (χ1) is 7.99. The average molecular weight is 254 g/mol. The third kappa shape index (κ3) is 3.46. The van der Waals surface area contributed by atoms with E-state index < -0.39 is 0 Å². The van der Waals surface area contributed by atoms with Crippen molar-refractivity contribution in [1.29, 1.82) is 0 Å². The Morgan fingerprint density at radius 3 is 2.53 bits per heavy atom. The fourth-order valence-corrected chi connectivity index (χ4v) is 2.19. The van der Waals surface area contributed by atoms with Gasteiger partial charge in [-0.05, 0) is 42.5 Å². The standard InChI is InChI=1S/C13H22N2OS/c1-6-9(2)10-7-11(14)13(16-3)12(8-10)15-17(4)5/h7-9H,6,14H2,1-5H3. The molecule has 0 aliphatic heterocycles. The van der Waals surface area contributed by atoms with Crippen LogP contribution in [-0.2, 0) is 10.7 Å². The third-order valence-electron chi connectivity index (χ3n) is 2.79. The first kappa shape index (κ1) is 14.0. The van der Waals surface area contributed by atoms with Gasteiger partial charge in [0, 0.05) is 0 Å². The molecule has 0 radical (unpaired) electrons. The van der Waals surface area contributed by atoms with Gasteiger partial charge in [-0.1, -0.05) is 13.8 Å². The molecule has 0 saturated carbocycles. The van der Waals surface area contributed by atoms with Crippen LogP contribution in [-0.4, -0.2) is 19.6 Å². The van der Waals surface area contributed by atoms with Crippen molar-refractivity contribution in [1.82, 2.24) is 0 Å². The Bertz CT molecular complexity index is 426. The maximum Gasteiger partial charge on any atom is 0.167 e. The first-order valence-corrected chi connectivity index (χ1v) is 7.76. The van der Waals surface area contributed by atoms with Gasteiger partial charge in [0.25, 0.3) is 0 Å². The summed E-state index contributed by atoms with van der Waals surface area (Å²) in [5.74, 6) is 1.19. The molecule has 1 unspecified atom stereocenters. The number of hydrogen-bond donors (Lipinski definition) is 1. The molecule has 4 heteroatoms. The fraction of sp³-hybridized carbons (Fsp3) is 0.538. The molecular weight excluding hydrogens is 232 g/mol. The molecule has 1 atom stereocenters. The van der Waals surface area contributed by atoms with Crippen molar-refractivity contribution >= 4 is 22.1 Å². The van der Waals surface area contributed by atoms with Crippen molar-refractivity contribution in [2.45, 2.75) is 26.2 Å². The van der Waals surface area contributed by atoms with E-state index in [0.717, 1.165) is 12.1 Å². The molecule has 1 aromatic rings. The zero-order valence-corrected chi connectivity index (χ0v) is 12.1. The molecule has 2 N–H and O–H groups in total. The molecule has 1 rings (SSSR count). The van der Waals surface area contributed by atoms with Crippen LogP contribution >= 0.6 is 0 Å². The molecule has 0 spiro atoms. The van der Waals surface area contributed by atoms with E-state index in [4.69, 9.17) is 10.5 Å². The minimum atomic E-state index is -0.0207. The van der Waals surface area contributed by atoms with E-state index in [2.05, 4.69) is 36.8 Å². The van der Waals surface area contributed by atoms with E-state index in [0.29, 0.717) is 17.4 Å². The summed E-state index contributed by atoms with van der Waals surface area (Å²) in [7, 11) is 1.62. The summed E-state index contributed by atoms with van der Waals surface area (Å²) in [4.78, 5) is 0. The largest absolute Gasteiger partial charge is 0.492 e. The Labute approximate surface area is 106 Å². The molecular formula is C13H22N2OS. The van der Waals surface area contributed by atoms with Gasteiger partial charge in [0.2, 0.25) is 0 Å². The number of rotatable bonds is 4. The molecule has 0 bridgehead atoms. The number of benzene rings is 1. The van der Waals surface area contributed by atoms with Crippen LogP contribution in [0.5, 0.6) is 5.75 Å². The van der Waals surface area contributed by atoms with Crippen molar-refractivity contribution < 1.29 is 4.74 Å². The predicted octanol–water partition coefficient (Wildman–Crippen LogP) is 3.48. The van der Waals surface area contributed by atoms with Crippen LogP contribution in [0.15, 0.2) is 16.5 Å².